The fourth-order valence-corrected chi connectivity index (χ4v) is 4.36. The second-order valence-corrected chi connectivity index (χ2v) is 7.14. The molecule has 2 rings (SSSR count). The van der Waals surface area contributed by atoms with Gasteiger partial charge in [0, 0.05) is 24.7 Å². The smallest absolute Gasteiger partial charge is 0.246 e. The molecule has 0 bridgehead atoms. The summed E-state index contributed by atoms with van der Waals surface area (Å²) in [6, 6.07) is 1.72. The zero-order valence-electron chi connectivity index (χ0n) is 12.7. The number of halogens is 1. The van der Waals surface area contributed by atoms with E-state index in [2.05, 4.69) is 0 Å². The molecule has 1 N–H and O–H groups in total. The van der Waals surface area contributed by atoms with Gasteiger partial charge in [-0.2, -0.15) is 4.31 Å². The van der Waals surface area contributed by atoms with E-state index in [9.17, 15) is 17.9 Å². The Hall–Kier alpha value is -1.38. The van der Waals surface area contributed by atoms with Crippen LogP contribution in [0.2, 0.25) is 0 Å². The van der Waals surface area contributed by atoms with Crippen LogP contribution in [0.1, 0.15) is 19.8 Å². The van der Waals surface area contributed by atoms with Crippen LogP contribution in [-0.2, 0) is 10.0 Å². The van der Waals surface area contributed by atoms with Crippen LogP contribution in [0, 0.1) is 5.82 Å². The summed E-state index contributed by atoms with van der Waals surface area (Å²) in [7, 11) is -1.31. The standard InChI is InChI=1S/C14H20FNO5S/c1-9-6-10(17)4-5-16(9)22(18,19)14-8-13(21-3)12(20-2)7-11(14)15/h7-10,17H,4-6H2,1-3H3/t9-,10+/m1/s1. The van der Waals surface area contributed by atoms with Crippen molar-refractivity contribution in [2.75, 3.05) is 20.8 Å². The van der Waals surface area contributed by atoms with E-state index in [4.69, 9.17) is 9.47 Å². The van der Waals surface area contributed by atoms with Gasteiger partial charge in [-0.05, 0) is 19.8 Å². The van der Waals surface area contributed by atoms with Crippen LogP contribution < -0.4 is 9.47 Å². The highest BCUT2D eigenvalue weighted by Gasteiger charge is 2.36. The number of benzene rings is 1. The minimum absolute atomic E-state index is 0.126. The maximum absolute atomic E-state index is 14.2. The number of ether oxygens (including phenoxy) is 2. The van der Waals surface area contributed by atoms with E-state index in [1.807, 2.05) is 0 Å². The first-order valence-electron chi connectivity index (χ1n) is 6.92. The molecule has 1 fully saturated rings. The van der Waals surface area contributed by atoms with Crippen LogP contribution in [0.3, 0.4) is 0 Å². The molecule has 1 saturated heterocycles. The SMILES string of the molecule is COc1cc(F)c(S(=O)(=O)N2CC[C@H](O)C[C@H]2C)cc1OC. The highest BCUT2D eigenvalue weighted by atomic mass is 32.2. The molecule has 1 aromatic rings. The molecule has 8 heteroatoms. The number of rotatable bonds is 4. The number of sulfonamides is 1. The average Bonchev–Trinajstić information content (AvgIpc) is 2.46. The Labute approximate surface area is 129 Å². The lowest BCUT2D eigenvalue weighted by molar-refractivity contribution is 0.0866. The number of aliphatic hydroxyl groups is 1. The van der Waals surface area contributed by atoms with Gasteiger partial charge in [0.25, 0.3) is 0 Å². The second kappa shape index (κ2) is 6.39. The Kier molecular flexibility index (Phi) is 4.93. The molecular formula is C14H20FNO5S. The molecule has 0 saturated carbocycles. The molecule has 1 aliphatic rings. The van der Waals surface area contributed by atoms with Gasteiger partial charge >= 0.3 is 0 Å². The maximum atomic E-state index is 14.2. The van der Waals surface area contributed by atoms with Crippen LogP contribution in [0.5, 0.6) is 11.5 Å². The molecule has 124 valence electrons. The van der Waals surface area contributed by atoms with Gasteiger partial charge in [-0.15, -0.1) is 0 Å². The Morgan fingerprint density at radius 3 is 2.41 bits per heavy atom. The Morgan fingerprint density at radius 1 is 1.27 bits per heavy atom. The summed E-state index contributed by atoms with van der Waals surface area (Å²) >= 11 is 0. The lowest BCUT2D eigenvalue weighted by atomic mass is 10.0. The molecule has 22 heavy (non-hydrogen) atoms. The van der Waals surface area contributed by atoms with Gasteiger partial charge < -0.3 is 14.6 Å². The summed E-state index contributed by atoms with van der Waals surface area (Å²) in [6.07, 6.45) is 0.129. The summed E-state index contributed by atoms with van der Waals surface area (Å²) in [5.41, 5.74) is 0. The van der Waals surface area contributed by atoms with Crippen LogP contribution in [-0.4, -0.2) is 50.7 Å². The molecule has 0 spiro atoms. The summed E-state index contributed by atoms with van der Waals surface area (Å²) < 4.78 is 50.8. The lowest BCUT2D eigenvalue weighted by Crippen LogP contribution is -2.46. The molecule has 0 radical (unpaired) electrons. The van der Waals surface area contributed by atoms with Crippen molar-refractivity contribution in [1.29, 1.82) is 0 Å². The van der Waals surface area contributed by atoms with Crippen molar-refractivity contribution in [2.24, 2.45) is 0 Å². The molecule has 0 aliphatic carbocycles. The predicted molar refractivity (Wildman–Crippen MR) is 78.1 cm³/mol. The minimum atomic E-state index is -4.01. The van der Waals surface area contributed by atoms with Gasteiger partial charge in [0.2, 0.25) is 10.0 Å². The van der Waals surface area contributed by atoms with E-state index >= 15 is 0 Å². The van der Waals surface area contributed by atoms with Crippen molar-refractivity contribution in [1.82, 2.24) is 4.31 Å². The zero-order valence-corrected chi connectivity index (χ0v) is 13.6. The van der Waals surface area contributed by atoms with Crippen LogP contribution in [0.4, 0.5) is 4.39 Å². The molecule has 2 atom stereocenters. The molecule has 1 aromatic carbocycles. The average molecular weight is 333 g/mol. The maximum Gasteiger partial charge on any atom is 0.246 e. The Balaban J connectivity index is 2.45. The quantitative estimate of drug-likeness (QED) is 0.901. The Morgan fingerprint density at radius 2 is 1.86 bits per heavy atom. The Bertz CT molecular complexity index is 649. The fourth-order valence-electron chi connectivity index (χ4n) is 2.64. The van der Waals surface area contributed by atoms with Gasteiger partial charge in [-0.3, -0.25) is 0 Å². The number of methoxy groups -OCH3 is 2. The number of hydrogen-bond donors (Lipinski definition) is 1. The van der Waals surface area contributed by atoms with Gasteiger partial charge in [0.1, 0.15) is 10.7 Å². The van der Waals surface area contributed by atoms with E-state index in [1.54, 1.807) is 6.92 Å². The van der Waals surface area contributed by atoms with E-state index in [1.165, 1.54) is 18.5 Å². The normalized spacial score (nSPS) is 23.3. The number of nitrogens with zero attached hydrogens (tertiary/aromatic N) is 1. The molecule has 6 nitrogen and oxygen atoms in total. The summed E-state index contributed by atoms with van der Waals surface area (Å²) in [5, 5.41) is 9.61. The first kappa shape index (κ1) is 17.0. The molecule has 0 unspecified atom stereocenters. The third-order valence-corrected chi connectivity index (χ3v) is 5.84. The molecule has 1 heterocycles. The van der Waals surface area contributed by atoms with Crippen LogP contribution in [0.15, 0.2) is 17.0 Å². The fraction of sp³-hybridized carbons (Fsp3) is 0.571. The van der Waals surface area contributed by atoms with Crippen molar-refractivity contribution >= 4 is 10.0 Å². The first-order valence-corrected chi connectivity index (χ1v) is 8.36. The van der Waals surface area contributed by atoms with Gasteiger partial charge in [-0.25, -0.2) is 12.8 Å². The van der Waals surface area contributed by atoms with Crippen molar-refractivity contribution < 1.29 is 27.4 Å². The molecule has 0 amide bonds. The van der Waals surface area contributed by atoms with E-state index in [0.717, 1.165) is 12.1 Å². The van der Waals surface area contributed by atoms with Crippen molar-refractivity contribution in [3.8, 4) is 11.5 Å². The zero-order chi connectivity index (χ0) is 16.5. The third kappa shape index (κ3) is 3.04. The number of piperidine rings is 1. The van der Waals surface area contributed by atoms with Gasteiger partial charge in [0.05, 0.1) is 20.3 Å². The van der Waals surface area contributed by atoms with Gasteiger partial charge in [0.15, 0.2) is 11.5 Å². The van der Waals surface area contributed by atoms with Crippen molar-refractivity contribution in [2.45, 2.75) is 36.8 Å². The third-order valence-electron chi connectivity index (χ3n) is 3.81. The summed E-state index contributed by atoms with van der Waals surface area (Å²) in [5.74, 6) is -0.621. The van der Waals surface area contributed by atoms with Crippen LogP contribution >= 0.6 is 0 Å². The molecule has 0 aromatic heterocycles. The van der Waals surface area contributed by atoms with Crippen molar-refractivity contribution in [3.63, 3.8) is 0 Å². The highest BCUT2D eigenvalue weighted by Crippen LogP contribution is 2.34. The molecular weight excluding hydrogens is 313 g/mol. The number of aliphatic hydroxyl groups excluding tert-OH is 1. The highest BCUT2D eigenvalue weighted by molar-refractivity contribution is 7.89. The summed E-state index contributed by atoms with van der Waals surface area (Å²) in [6.45, 7) is 1.84. The van der Waals surface area contributed by atoms with Crippen LogP contribution in [0.25, 0.3) is 0 Å². The van der Waals surface area contributed by atoms with Crippen molar-refractivity contribution in [3.05, 3.63) is 17.9 Å². The van der Waals surface area contributed by atoms with E-state index in [-0.39, 0.29) is 18.0 Å². The first-order chi connectivity index (χ1) is 10.3. The molecule has 1 aliphatic heterocycles. The largest absolute Gasteiger partial charge is 0.493 e. The topological polar surface area (TPSA) is 76.1 Å². The monoisotopic (exact) mass is 333 g/mol. The summed E-state index contributed by atoms with van der Waals surface area (Å²) in [4.78, 5) is -0.451. The number of hydrogen-bond acceptors (Lipinski definition) is 5. The van der Waals surface area contributed by atoms with E-state index < -0.39 is 32.9 Å². The van der Waals surface area contributed by atoms with Gasteiger partial charge in [-0.1, -0.05) is 0 Å². The predicted octanol–water partition coefficient (Wildman–Crippen LogP) is 1.38. The minimum Gasteiger partial charge on any atom is -0.493 e. The second-order valence-electron chi connectivity index (χ2n) is 5.28. The van der Waals surface area contributed by atoms with E-state index in [0.29, 0.717) is 12.8 Å². The lowest BCUT2D eigenvalue weighted by Gasteiger charge is -2.34.